The van der Waals surface area contributed by atoms with E-state index in [0.717, 1.165) is 0 Å². The van der Waals surface area contributed by atoms with Gasteiger partial charge in [0.25, 0.3) is 0 Å². The molecule has 0 aliphatic heterocycles. The lowest BCUT2D eigenvalue weighted by atomic mass is 10.1. The Hall–Kier alpha value is -1.27. The first-order valence-corrected chi connectivity index (χ1v) is 6.93. The van der Waals surface area contributed by atoms with E-state index >= 15 is 0 Å². The van der Waals surface area contributed by atoms with Crippen LogP contribution in [0, 0.1) is 0 Å². The van der Waals surface area contributed by atoms with Crippen molar-refractivity contribution in [3.05, 3.63) is 29.3 Å². The molecule has 6 heteroatoms. The summed E-state index contributed by atoms with van der Waals surface area (Å²) < 4.78 is 45.0. The maximum atomic E-state index is 13.2. The Labute approximate surface area is 124 Å². The highest BCUT2D eigenvalue weighted by atomic mass is 19.4. The highest BCUT2D eigenvalue weighted by Gasteiger charge is 2.34. The van der Waals surface area contributed by atoms with Gasteiger partial charge >= 0.3 is 6.18 Å². The molecule has 1 aromatic carbocycles. The molecule has 3 nitrogen and oxygen atoms in total. The van der Waals surface area contributed by atoms with Gasteiger partial charge in [0, 0.05) is 25.8 Å². The second-order valence-electron chi connectivity index (χ2n) is 5.22. The predicted molar refractivity (Wildman–Crippen MR) is 78.6 cm³/mol. The second-order valence-corrected chi connectivity index (χ2v) is 5.22. The largest absolute Gasteiger partial charge is 0.418 e. The average Bonchev–Trinajstić information content (AvgIpc) is 2.37. The van der Waals surface area contributed by atoms with Gasteiger partial charge in [-0.15, -0.1) is 0 Å². The maximum Gasteiger partial charge on any atom is 0.418 e. The predicted octanol–water partition coefficient (Wildman–Crippen LogP) is 3.29. The number of halogens is 3. The van der Waals surface area contributed by atoms with Crippen LogP contribution >= 0.6 is 0 Å². The quantitative estimate of drug-likeness (QED) is 0.836. The maximum absolute atomic E-state index is 13.2. The monoisotopic (exact) mass is 304 g/mol. The van der Waals surface area contributed by atoms with Crippen LogP contribution in [0.2, 0.25) is 0 Å². The molecule has 21 heavy (non-hydrogen) atoms. The number of rotatable bonds is 7. The highest BCUT2D eigenvalue weighted by molar-refractivity contribution is 5.56. The number of benzene rings is 1. The second kappa shape index (κ2) is 7.66. The molecule has 0 bridgehead atoms. The van der Waals surface area contributed by atoms with E-state index in [4.69, 9.17) is 4.74 Å². The van der Waals surface area contributed by atoms with Gasteiger partial charge in [0.1, 0.15) is 0 Å². The minimum absolute atomic E-state index is 0.0680. The Morgan fingerprint density at radius 2 is 1.95 bits per heavy atom. The minimum atomic E-state index is -4.37. The summed E-state index contributed by atoms with van der Waals surface area (Å²) in [5.41, 5.74) is 0.178. The van der Waals surface area contributed by atoms with Crippen LogP contribution in [0.25, 0.3) is 0 Å². The van der Waals surface area contributed by atoms with Crippen LogP contribution in [0.4, 0.5) is 18.9 Å². The van der Waals surface area contributed by atoms with E-state index < -0.39 is 11.7 Å². The normalized spacial score (nSPS) is 12.0. The van der Waals surface area contributed by atoms with Crippen LogP contribution in [0.15, 0.2) is 18.2 Å². The van der Waals surface area contributed by atoms with Crippen LogP contribution in [-0.2, 0) is 17.5 Å². The molecule has 0 atom stereocenters. The Bertz CT molecular complexity index is 447. The Balaban J connectivity index is 2.94. The molecular weight excluding hydrogens is 281 g/mol. The summed E-state index contributed by atoms with van der Waals surface area (Å²) in [6.07, 6.45) is -4.30. The van der Waals surface area contributed by atoms with Crippen LogP contribution in [0.3, 0.4) is 0 Å². The van der Waals surface area contributed by atoms with E-state index in [-0.39, 0.29) is 11.8 Å². The average molecular weight is 304 g/mol. The van der Waals surface area contributed by atoms with Crippen molar-refractivity contribution in [3.8, 4) is 0 Å². The lowest BCUT2D eigenvalue weighted by molar-refractivity contribution is -0.137. The smallest absolute Gasteiger partial charge is 0.377 e. The summed E-state index contributed by atoms with van der Waals surface area (Å²) >= 11 is 0. The van der Waals surface area contributed by atoms with E-state index in [1.165, 1.54) is 12.1 Å². The van der Waals surface area contributed by atoms with Gasteiger partial charge < -0.3 is 15.0 Å². The molecule has 0 unspecified atom stereocenters. The van der Waals surface area contributed by atoms with Crippen molar-refractivity contribution in [2.45, 2.75) is 32.7 Å². The molecular formula is C15H23F3N2O. The van der Waals surface area contributed by atoms with Crippen LogP contribution in [0.1, 0.15) is 25.0 Å². The van der Waals surface area contributed by atoms with Crippen molar-refractivity contribution in [2.75, 3.05) is 32.1 Å². The first kappa shape index (κ1) is 17.8. The van der Waals surface area contributed by atoms with E-state index in [0.29, 0.717) is 25.3 Å². The number of nitrogens with one attached hydrogen (secondary N) is 1. The fraction of sp³-hybridized carbons (Fsp3) is 0.600. The van der Waals surface area contributed by atoms with Crippen LogP contribution < -0.4 is 10.2 Å². The van der Waals surface area contributed by atoms with E-state index in [1.54, 1.807) is 25.1 Å². The molecule has 0 fully saturated rings. The standard InChI is InChI=1S/C15H23F3N2O/c1-11(2)21-8-7-20(4)14-6-5-12(10-19-3)9-13(14)15(16,17)18/h5-6,9,11,19H,7-8,10H2,1-4H3. The number of nitrogens with zero attached hydrogens (tertiary/aromatic N) is 1. The van der Waals surface area contributed by atoms with Gasteiger partial charge in [-0.25, -0.2) is 0 Å². The zero-order valence-corrected chi connectivity index (χ0v) is 12.9. The van der Waals surface area contributed by atoms with Crippen molar-refractivity contribution < 1.29 is 17.9 Å². The summed E-state index contributed by atoms with van der Waals surface area (Å²) in [6.45, 7) is 5.00. The first-order valence-electron chi connectivity index (χ1n) is 6.93. The molecule has 120 valence electrons. The zero-order valence-electron chi connectivity index (χ0n) is 12.9. The van der Waals surface area contributed by atoms with Crippen molar-refractivity contribution in [1.29, 1.82) is 0 Å². The summed E-state index contributed by atoms with van der Waals surface area (Å²) in [5, 5.41) is 2.86. The number of hydrogen-bond acceptors (Lipinski definition) is 3. The third-order valence-electron chi connectivity index (χ3n) is 3.04. The molecule has 0 spiro atoms. The van der Waals surface area contributed by atoms with E-state index in [2.05, 4.69) is 5.32 Å². The van der Waals surface area contributed by atoms with E-state index in [9.17, 15) is 13.2 Å². The number of likely N-dealkylation sites (N-methyl/N-ethyl adjacent to an activating group) is 1. The summed E-state index contributed by atoms with van der Waals surface area (Å²) in [5.74, 6) is 0. The third kappa shape index (κ3) is 5.55. The van der Waals surface area contributed by atoms with E-state index in [1.807, 2.05) is 13.8 Å². The Morgan fingerprint density at radius 3 is 2.48 bits per heavy atom. The molecule has 1 rings (SSSR count). The van der Waals surface area contributed by atoms with Gasteiger partial charge in [0.15, 0.2) is 0 Å². The Morgan fingerprint density at radius 1 is 1.29 bits per heavy atom. The first-order chi connectivity index (χ1) is 9.75. The minimum Gasteiger partial charge on any atom is -0.377 e. The summed E-state index contributed by atoms with van der Waals surface area (Å²) in [7, 11) is 3.35. The fourth-order valence-corrected chi connectivity index (χ4v) is 2.00. The molecule has 0 aromatic heterocycles. The van der Waals surface area contributed by atoms with Crippen LogP contribution in [-0.4, -0.2) is 33.4 Å². The SMILES string of the molecule is CNCc1ccc(N(C)CCOC(C)C)c(C(F)(F)F)c1. The Kier molecular flexibility index (Phi) is 6.48. The van der Waals surface area contributed by atoms with Gasteiger partial charge in [0.2, 0.25) is 0 Å². The fourth-order valence-electron chi connectivity index (χ4n) is 2.00. The summed E-state index contributed by atoms with van der Waals surface area (Å²) in [4.78, 5) is 1.58. The van der Waals surface area contributed by atoms with Crippen molar-refractivity contribution in [2.24, 2.45) is 0 Å². The third-order valence-corrected chi connectivity index (χ3v) is 3.04. The molecule has 1 N–H and O–H groups in total. The topological polar surface area (TPSA) is 24.5 Å². The number of ether oxygens (including phenoxy) is 1. The number of alkyl halides is 3. The van der Waals surface area contributed by atoms with Gasteiger partial charge in [-0.3, -0.25) is 0 Å². The number of hydrogen-bond donors (Lipinski definition) is 1. The van der Waals surface area contributed by atoms with Gasteiger partial charge in [-0.2, -0.15) is 13.2 Å². The van der Waals surface area contributed by atoms with Gasteiger partial charge in [0.05, 0.1) is 18.3 Å². The molecule has 0 aliphatic rings. The molecule has 0 saturated carbocycles. The molecule has 0 heterocycles. The molecule has 0 amide bonds. The molecule has 0 aliphatic carbocycles. The van der Waals surface area contributed by atoms with Crippen molar-refractivity contribution in [3.63, 3.8) is 0 Å². The molecule has 0 radical (unpaired) electrons. The molecule has 0 saturated heterocycles. The van der Waals surface area contributed by atoms with Crippen molar-refractivity contribution >= 4 is 5.69 Å². The lowest BCUT2D eigenvalue weighted by Gasteiger charge is -2.24. The summed E-state index contributed by atoms with van der Waals surface area (Å²) in [6, 6.07) is 4.43. The lowest BCUT2D eigenvalue weighted by Crippen LogP contribution is -2.26. The van der Waals surface area contributed by atoms with Gasteiger partial charge in [-0.1, -0.05) is 6.07 Å². The number of anilines is 1. The van der Waals surface area contributed by atoms with Gasteiger partial charge in [-0.05, 0) is 38.6 Å². The highest BCUT2D eigenvalue weighted by Crippen LogP contribution is 2.36. The van der Waals surface area contributed by atoms with Crippen LogP contribution in [0.5, 0.6) is 0 Å². The van der Waals surface area contributed by atoms with Crippen molar-refractivity contribution in [1.82, 2.24) is 5.32 Å². The molecule has 1 aromatic rings. The zero-order chi connectivity index (χ0) is 16.0.